The van der Waals surface area contributed by atoms with Gasteiger partial charge in [0.15, 0.2) is 0 Å². The predicted molar refractivity (Wildman–Crippen MR) is 88.0 cm³/mol. The molecule has 24 heavy (non-hydrogen) atoms. The Kier molecular flexibility index (Phi) is 4.22. The largest absolute Gasteiger partial charge is 0.339 e. The second-order valence-electron chi connectivity index (χ2n) is 7.80. The van der Waals surface area contributed by atoms with Gasteiger partial charge in [0, 0.05) is 38.1 Å². The first-order chi connectivity index (χ1) is 11.6. The first-order valence-electron chi connectivity index (χ1n) is 9.51. The predicted octanol–water partition coefficient (Wildman–Crippen LogP) is 1.00. The number of amides is 3. The van der Waals surface area contributed by atoms with Crippen LogP contribution in [0.1, 0.15) is 51.4 Å². The zero-order chi connectivity index (χ0) is 16.7. The van der Waals surface area contributed by atoms with E-state index in [-0.39, 0.29) is 30.2 Å². The van der Waals surface area contributed by atoms with Gasteiger partial charge in [0.2, 0.25) is 17.7 Å². The molecule has 6 heteroatoms. The Labute approximate surface area is 143 Å². The summed E-state index contributed by atoms with van der Waals surface area (Å²) in [6.45, 7) is 2.10. The summed E-state index contributed by atoms with van der Waals surface area (Å²) in [6, 6.07) is 0.765. The molecule has 6 nitrogen and oxygen atoms in total. The smallest absolute Gasteiger partial charge is 0.242 e. The molecular formula is C18H27N3O3. The summed E-state index contributed by atoms with van der Waals surface area (Å²) in [7, 11) is 0. The van der Waals surface area contributed by atoms with Crippen LogP contribution in [-0.2, 0) is 14.4 Å². The van der Waals surface area contributed by atoms with Crippen LogP contribution in [0.2, 0.25) is 0 Å². The van der Waals surface area contributed by atoms with Gasteiger partial charge in [-0.15, -0.1) is 0 Å². The van der Waals surface area contributed by atoms with E-state index < -0.39 is 0 Å². The van der Waals surface area contributed by atoms with Gasteiger partial charge in [-0.1, -0.05) is 12.8 Å². The molecule has 132 valence electrons. The molecule has 0 unspecified atom stereocenters. The summed E-state index contributed by atoms with van der Waals surface area (Å²) in [6.07, 6.45) is 7.91. The van der Waals surface area contributed by atoms with Crippen molar-refractivity contribution in [3.05, 3.63) is 0 Å². The molecule has 0 N–H and O–H groups in total. The highest BCUT2D eigenvalue weighted by atomic mass is 16.2. The van der Waals surface area contributed by atoms with Gasteiger partial charge in [-0.25, -0.2) is 0 Å². The van der Waals surface area contributed by atoms with E-state index in [1.54, 1.807) is 4.90 Å². The van der Waals surface area contributed by atoms with Gasteiger partial charge >= 0.3 is 0 Å². The van der Waals surface area contributed by atoms with Crippen LogP contribution in [0.4, 0.5) is 0 Å². The van der Waals surface area contributed by atoms with Crippen molar-refractivity contribution in [2.24, 2.45) is 5.92 Å². The molecule has 2 heterocycles. The van der Waals surface area contributed by atoms with E-state index in [1.165, 1.54) is 12.8 Å². The molecule has 0 aromatic carbocycles. The lowest BCUT2D eigenvalue weighted by Gasteiger charge is -2.40. The number of nitrogens with zero attached hydrogens (tertiary/aromatic N) is 3. The van der Waals surface area contributed by atoms with Crippen LogP contribution < -0.4 is 0 Å². The standard InChI is InChI=1S/C18H27N3O3/c22-16-8-5-13(11-21(16)15-6-7-15)18(24)19-9-10-20(17(23)12-19)14-3-1-2-4-14/h13-15H,1-12H2/t13-/m0/s1. The topological polar surface area (TPSA) is 60.9 Å². The van der Waals surface area contributed by atoms with Crippen LogP contribution in [0.15, 0.2) is 0 Å². The molecule has 2 saturated heterocycles. The molecule has 2 saturated carbocycles. The van der Waals surface area contributed by atoms with Crippen LogP contribution >= 0.6 is 0 Å². The Morgan fingerprint density at radius 1 is 0.833 bits per heavy atom. The maximum atomic E-state index is 12.8. The molecular weight excluding hydrogens is 306 g/mol. The van der Waals surface area contributed by atoms with Crippen molar-refractivity contribution in [2.45, 2.75) is 63.5 Å². The third-order valence-electron chi connectivity index (χ3n) is 6.12. The lowest BCUT2D eigenvalue weighted by Crippen LogP contribution is -2.57. The minimum atomic E-state index is -0.117. The molecule has 1 atom stereocenters. The van der Waals surface area contributed by atoms with Crippen LogP contribution in [0.5, 0.6) is 0 Å². The van der Waals surface area contributed by atoms with Crippen molar-refractivity contribution in [1.29, 1.82) is 0 Å². The molecule has 3 amide bonds. The SMILES string of the molecule is O=C([C@H]1CCC(=O)N(C2CC2)C1)N1CCN(C2CCCC2)C(=O)C1. The first kappa shape index (κ1) is 15.9. The third-order valence-corrected chi connectivity index (χ3v) is 6.12. The number of carbonyl (C=O) groups is 3. The summed E-state index contributed by atoms with van der Waals surface area (Å²) in [5.41, 5.74) is 0. The van der Waals surface area contributed by atoms with Gasteiger partial charge in [-0.05, 0) is 32.1 Å². The molecule has 2 aliphatic heterocycles. The molecule has 4 aliphatic rings. The number of hydrogen-bond donors (Lipinski definition) is 0. The van der Waals surface area contributed by atoms with Gasteiger partial charge in [-0.3, -0.25) is 14.4 Å². The highest BCUT2D eigenvalue weighted by molar-refractivity contribution is 5.89. The van der Waals surface area contributed by atoms with Crippen molar-refractivity contribution in [1.82, 2.24) is 14.7 Å². The van der Waals surface area contributed by atoms with E-state index in [4.69, 9.17) is 0 Å². The normalized spacial score (nSPS) is 29.5. The molecule has 4 rings (SSSR count). The van der Waals surface area contributed by atoms with Crippen molar-refractivity contribution in [3.63, 3.8) is 0 Å². The average Bonchev–Trinajstić information content (AvgIpc) is 3.29. The number of hydrogen-bond acceptors (Lipinski definition) is 3. The van der Waals surface area contributed by atoms with Crippen LogP contribution in [0, 0.1) is 5.92 Å². The summed E-state index contributed by atoms with van der Waals surface area (Å²) in [5, 5.41) is 0. The van der Waals surface area contributed by atoms with E-state index in [9.17, 15) is 14.4 Å². The summed E-state index contributed by atoms with van der Waals surface area (Å²) in [5.74, 6) is 0.262. The molecule has 0 spiro atoms. The van der Waals surface area contributed by atoms with Crippen LogP contribution in [-0.4, -0.2) is 70.7 Å². The highest BCUT2D eigenvalue weighted by Crippen LogP contribution is 2.32. The van der Waals surface area contributed by atoms with Crippen molar-refractivity contribution in [2.75, 3.05) is 26.2 Å². The zero-order valence-electron chi connectivity index (χ0n) is 14.3. The fourth-order valence-corrected chi connectivity index (χ4v) is 4.55. The maximum Gasteiger partial charge on any atom is 0.242 e. The monoisotopic (exact) mass is 333 g/mol. The molecule has 0 aromatic heterocycles. The number of piperidine rings is 1. The van der Waals surface area contributed by atoms with Gasteiger partial charge < -0.3 is 14.7 Å². The number of rotatable bonds is 3. The van der Waals surface area contributed by atoms with Gasteiger partial charge in [0.1, 0.15) is 0 Å². The van der Waals surface area contributed by atoms with Gasteiger partial charge in [0.05, 0.1) is 12.5 Å². The number of carbonyl (C=O) groups excluding carboxylic acids is 3. The Bertz CT molecular complexity index is 540. The van der Waals surface area contributed by atoms with Gasteiger partial charge in [0.25, 0.3) is 0 Å². The Hall–Kier alpha value is -1.59. The first-order valence-corrected chi connectivity index (χ1v) is 9.51. The summed E-state index contributed by atoms with van der Waals surface area (Å²) < 4.78 is 0. The minimum Gasteiger partial charge on any atom is -0.339 e. The summed E-state index contributed by atoms with van der Waals surface area (Å²) >= 11 is 0. The fraction of sp³-hybridized carbons (Fsp3) is 0.833. The highest BCUT2D eigenvalue weighted by Gasteiger charge is 2.41. The van der Waals surface area contributed by atoms with Crippen molar-refractivity contribution >= 4 is 17.7 Å². The Morgan fingerprint density at radius 3 is 2.21 bits per heavy atom. The number of piperazine rings is 1. The van der Waals surface area contributed by atoms with E-state index >= 15 is 0 Å². The second kappa shape index (κ2) is 6.37. The van der Waals surface area contributed by atoms with E-state index in [2.05, 4.69) is 0 Å². The van der Waals surface area contributed by atoms with Gasteiger partial charge in [-0.2, -0.15) is 0 Å². The molecule has 0 aromatic rings. The van der Waals surface area contributed by atoms with Crippen LogP contribution in [0.25, 0.3) is 0 Å². The Balaban J connectivity index is 1.35. The minimum absolute atomic E-state index is 0.0765. The molecule has 2 aliphatic carbocycles. The van der Waals surface area contributed by atoms with E-state index in [1.807, 2.05) is 9.80 Å². The number of likely N-dealkylation sites (tertiary alicyclic amines) is 1. The van der Waals surface area contributed by atoms with E-state index in [0.717, 1.165) is 25.7 Å². The van der Waals surface area contributed by atoms with Crippen LogP contribution in [0.3, 0.4) is 0 Å². The fourth-order valence-electron chi connectivity index (χ4n) is 4.55. The molecule has 0 radical (unpaired) electrons. The van der Waals surface area contributed by atoms with E-state index in [0.29, 0.717) is 44.6 Å². The lowest BCUT2D eigenvalue weighted by atomic mass is 9.95. The Morgan fingerprint density at radius 2 is 1.54 bits per heavy atom. The quantitative estimate of drug-likeness (QED) is 0.774. The average molecular weight is 333 g/mol. The molecule has 0 bridgehead atoms. The summed E-state index contributed by atoms with van der Waals surface area (Å²) in [4.78, 5) is 43.0. The molecule has 4 fully saturated rings. The van der Waals surface area contributed by atoms with Crippen molar-refractivity contribution < 1.29 is 14.4 Å². The zero-order valence-corrected chi connectivity index (χ0v) is 14.3. The second-order valence-corrected chi connectivity index (χ2v) is 7.80. The maximum absolute atomic E-state index is 12.8. The van der Waals surface area contributed by atoms with Crippen molar-refractivity contribution in [3.8, 4) is 0 Å². The third kappa shape index (κ3) is 3.03. The lowest BCUT2D eigenvalue weighted by molar-refractivity contribution is -0.152.